The highest BCUT2D eigenvalue weighted by molar-refractivity contribution is 6.32. The van der Waals surface area contributed by atoms with Crippen LogP contribution in [0, 0.1) is 0 Å². The van der Waals surface area contributed by atoms with E-state index in [9.17, 15) is 0 Å². The summed E-state index contributed by atoms with van der Waals surface area (Å²) in [6, 6.07) is 4.58. The Morgan fingerprint density at radius 1 is 1.37 bits per heavy atom. The van der Waals surface area contributed by atoms with E-state index < -0.39 is 0 Å². The molecule has 0 unspecified atom stereocenters. The number of benzene rings is 1. The van der Waals surface area contributed by atoms with Gasteiger partial charge in [0.25, 0.3) is 0 Å². The Labute approximate surface area is 118 Å². The minimum Gasteiger partial charge on any atom is -0.486 e. The third-order valence-corrected chi connectivity index (χ3v) is 3.80. The summed E-state index contributed by atoms with van der Waals surface area (Å²) in [6.45, 7) is 7.45. The molecule has 1 fully saturated rings. The minimum absolute atomic E-state index is 0.543. The molecule has 1 aromatic rings. The number of nitrogens with one attached hydrogen (secondary N) is 1. The Hall–Kier alpha value is -0.970. The van der Waals surface area contributed by atoms with Gasteiger partial charge in [-0.15, -0.1) is 0 Å². The van der Waals surface area contributed by atoms with Crippen LogP contribution in [0.1, 0.15) is 12.5 Å². The number of rotatable bonds is 2. The van der Waals surface area contributed by atoms with Crippen molar-refractivity contribution < 1.29 is 9.47 Å². The molecule has 104 valence electrons. The standard InChI is InChI=1S/C14H19ClN2O2/c1-10-8-17(3-2-16-10)9-11-6-12(15)14-13(7-11)18-4-5-19-14/h6-7,10,16H,2-5,8-9H2,1H3/t10-/m0/s1. The molecule has 3 rings (SSSR count). The molecule has 1 aromatic carbocycles. The minimum atomic E-state index is 0.543. The Morgan fingerprint density at radius 3 is 3.05 bits per heavy atom. The second kappa shape index (κ2) is 5.57. The van der Waals surface area contributed by atoms with Gasteiger partial charge in [0.2, 0.25) is 0 Å². The molecular formula is C14H19ClN2O2. The van der Waals surface area contributed by atoms with Crippen molar-refractivity contribution in [3.8, 4) is 11.5 Å². The number of hydrogen-bond donors (Lipinski definition) is 1. The van der Waals surface area contributed by atoms with Crippen LogP contribution in [0.5, 0.6) is 11.5 Å². The lowest BCUT2D eigenvalue weighted by Crippen LogP contribution is -2.48. The lowest BCUT2D eigenvalue weighted by Gasteiger charge is -2.32. The maximum atomic E-state index is 6.26. The monoisotopic (exact) mass is 282 g/mol. The number of nitrogens with zero attached hydrogens (tertiary/aromatic N) is 1. The van der Waals surface area contributed by atoms with Gasteiger partial charge >= 0.3 is 0 Å². The Bertz CT molecular complexity index is 467. The number of halogens is 1. The Kier molecular flexibility index (Phi) is 3.82. The molecule has 0 aromatic heterocycles. The Balaban J connectivity index is 1.76. The van der Waals surface area contributed by atoms with E-state index in [2.05, 4.69) is 17.1 Å². The lowest BCUT2D eigenvalue weighted by atomic mass is 10.1. The van der Waals surface area contributed by atoms with Gasteiger partial charge in [-0.2, -0.15) is 0 Å². The highest BCUT2D eigenvalue weighted by Crippen LogP contribution is 2.38. The number of hydrogen-bond acceptors (Lipinski definition) is 4. The summed E-state index contributed by atoms with van der Waals surface area (Å²) in [4.78, 5) is 2.43. The zero-order valence-electron chi connectivity index (χ0n) is 11.1. The largest absolute Gasteiger partial charge is 0.486 e. The van der Waals surface area contributed by atoms with Gasteiger partial charge in [0, 0.05) is 32.2 Å². The van der Waals surface area contributed by atoms with Gasteiger partial charge in [0.1, 0.15) is 13.2 Å². The molecule has 0 amide bonds. The van der Waals surface area contributed by atoms with E-state index in [4.69, 9.17) is 21.1 Å². The van der Waals surface area contributed by atoms with Crippen LogP contribution < -0.4 is 14.8 Å². The molecule has 0 aliphatic carbocycles. The molecule has 2 heterocycles. The number of fused-ring (bicyclic) bond motifs is 1. The molecule has 0 radical (unpaired) electrons. The van der Waals surface area contributed by atoms with Crippen LogP contribution in [-0.4, -0.2) is 43.8 Å². The fourth-order valence-electron chi connectivity index (χ4n) is 2.67. The highest BCUT2D eigenvalue weighted by Gasteiger charge is 2.19. The fourth-order valence-corrected chi connectivity index (χ4v) is 2.96. The molecule has 1 atom stereocenters. The predicted octanol–water partition coefficient (Wildman–Crippen LogP) is 1.90. The Morgan fingerprint density at radius 2 is 2.21 bits per heavy atom. The highest BCUT2D eigenvalue weighted by atomic mass is 35.5. The first kappa shape index (κ1) is 13.0. The average molecular weight is 283 g/mol. The van der Waals surface area contributed by atoms with E-state index >= 15 is 0 Å². The zero-order valence-corrected chi connectivity index (χ0v) is 11.9. The van der Waals surface area contributed by atoms with Gasteiger partial charge in [-0.1, -0.05) is 11.6 Å². The van der Waals surface area contributed by atoms with Crippen LogP contribution in [0.25, 0.3) is 0 Å². The van der Waals surface area contributed by atoms with Gasteiger partial charge in [-0.25, -0.2) is 0 Å². The summed E-state index contributed by atoms with van der Waals surface area (Å²) in [6.07, 6.45) is 0. The van der Waals surface area contributed by atoms with Crippen molar-refractivity contribution in [1.82, 2.24) is 10.2 Å². The molecule has 0 spiro atoms. The molecule has 2 aliphatic rings. The summed E-state index contributed by atoms with van der Waals surface area (Å²) in [5.41, 5.74) is 1.18. The van der Waals surface area contributed by atoms with Gasteiger partial charge in [-0.05, 0) is 24.6 Å². The second-order valence-corrected chi connectivity index (χ2v) is 5.60. The number of ether oxygens (including phenoxy) is 2. The van der Waals surface area contributed by atoms with E-state index in [-0.39, 0.29) is 0 Å². The average Bonchev–Trinajstić information content (AvgIpc) is 2.39. The summed E-state index contributed by atoms with van der Waals surface area (Å²) in [7, 11) is 0. The summed E-state index contributed by atoms with van der Waals surface area (Å²) in [5, 5.41) is 4.10. The van der Waals surface area contributed by atoms with Crippen molar-refractivity contribution in [2.24, 2.45) is 0 Å². The number of piperazine rings is 1. The van der Waals surface area contributed by atoms with Crippen LogP contribution in [-0.2, 0) is 6.54 Å². The summed E-state index contributed by atoms with van der Waals surface area (Å²) < 4.78 is 11.2. The summed E-state index contributed by atoms with van der Waals surface area (Å²) in [5.74, 6) is 1.46. The smallest absolute Gasteiger partial charge is 0.179 e. The zero-order chi connectivity index (χ0) is 13.2. The van der Waals surface area contributed by atoms with Gasteiger partial charge < -0.3 is 14.8 Å². The van der Waals surface area contributed by atoms with Gasteiger partial charge in [0.15, 0.2) is 11.5 Å². The van der Waals surface area contributed by atoms with E-state index in [0.29, 0.717) is 30.0 Å². The first-order valence-corrected chi connectivity index (χ1v) is 7.14. The van der Waals surface area contributed by atoms with E-state index in [1.54, 1.807) is 0 Å². The lowest BCUT2D eigenvalue weighted by molar-refractivity contribution is 0.170. The van der Waals surface area contributed by atoms with Gasteiger partial charge in [-0.3, -0.25) is 4.90 Å². The van der Waals surface area contributed by atoms with Crippen molar-refractivity contribution in [2.45, 2.75) is 19.5 Å². The SMILES string of the molecule is C[C@H]1CN(Cc2cc(Cl)c3c(c2)OCCO3)CCN1. The van der Waals surface area contributed by atoms with Crippen molar-refractivity contribution in [3.63, 3.8) is 0 Å². The van der Waals surface area contributed by atoms with Crippen molar-refractivity contribution >= 4 is 11.6 Å². The third kappa shape index (κ3) is 2.96. The first-order valence-electron chi connectivity index (χ1n) is 6.76. The van der Waals surface area contributed by atoms with Crippen LogP contribution in [0.4, 0.5) is 0 Å². The van der Waals surface area contributed by atoms with Crippen LogP contribution in [0.3, 0.4) is 0 Å². The van der Waals surface area contributed by atoms with Crippen molar-refractivity contribution in [1.29, 1.82) is 0 Å². The molecule has 2 aliphatic heterocycles. The molecule has 1 saturated heterocycles. The van der Waals surface area contributed by atoms with Crippen molar-refractivity contribution in [2.75, 3.05) is 32.8 Å². The van der Waals surface area contributed by atoms with Crippen LogP contribution in [0.2, 0.25) is 5.02 Å². The molecule has 1 N–H and O–H groups in total. The molecule has 5 heteroatoms. The molecule has 19 heavy (non-hydrogen) atoms. The fraction of sp³-hybridized carbons (Fsp3) is 0.571. The normalized spacial score (nSPS) is 23.4. The van der Waals surface area contributed by atoms with Crippen LogP contribution >= 0.6 is 11.6 Å². The van der Waals surface area contributed by atoms with E-state index in [0.717, 1.165) is 31.9 Å². The predicted molar refractivity (Wildman–Crippen MR) is 75.2 cm³/mol. The topological polar surface area (TPSA) is 33.7 Å². The quantitative estimate of drug-likeness (QED) is 0.898. The second-order valence-electron chi connectivity index (χ2n) is 5.19. The van der Waals surface area contributed by atoms with E-state index in [1.165, 1.54) is 5.56 Å². The third-order valence-electron chi connectivity index (χ3n) is 3.52. The molecule has 0 saturated carbocycles. The maximum absolute atomic E-state index is 6.26. The van der Waals surface area contributed by atoms with Crippen LogP contribution in [0.15, 0.2) is 12.1 Å². The van der Waals surface area contributed by atoms with E-state index in [1.807, 2.05) is 12.1 Å². The molecule has 0 bridgehead atoms. The molecule has 4 nitrogen and oxygen atoms in total. The van der Waals surface area contributed by atoms with Gasteiger partial charge in [0.05, 0.1) is 5.02 Å². The molecular weight excluding hydrogens is 264 g/mol. The summed E-state index contributed by atoms with van der Waals surface area (Å²) >= 11 is 6.26. The van der Waals surface area contributed by atoms with Crippen molar-refractivity contribution in [3.05, 3.63) is 22.7 Å². The maximum Gasteiger partial charge on any atom is 0.179 e. The first-order chi connectivity index (χ1) is 9.22.